The molecular formula is C10H7BrO3. The molecule has 14 heavy (non-hydrogen) atoms. The van der Waals surface area contributed by atoms with Crippen molar-refractivity contribution in [3.8, 4) is 0 Å². The van der Waals surface area contributed by atoms with Crippen molar-refractivity contribution in [2.75, 3.05) is 0 Å². The van der Waals surface area contributed by atoms with Gasteiger partial charge in [0.25, 0.3) is 0 Å². The van der Waals surface area contributed by atoms with Crippen molar-refractivity contribution in [2.45, 2.75) is 6.92 Å². The van der Waals surface area contributed by atoms with Gasteiger partial charge in [0.1, 0.15) is 5.58 Å². The van der Waals surface area contributed by atoms with Gasteiger partial charge in [0.15, 0.2) is 0 Å². The van der Waals surface area contributed by atoms with E-state index in [1.807, 2.05) is 25.1 Å². The molecule has 1 aromatic carbocycles. The van der Waals surface area contributed by atoms with Crippen LogP contribution in [0.5, 0.6) is 0 Å². The number of aromatic carboxylic acids is 1. The van der Waals surface area contributed by atoms with E-state index in [0.29, 0.717) is 10.1 Å². The van der Waals surface area contributed by atoms with Crippen molar-refractivity contribution in [3.63, 3.8) is 0 Å². The third-order valence-corrected chi connectivity index (χ3v) is 2.77. The Morgan fingerprint density at radius 1 is 1.50 bits per heavy atom. The summed E-state index contributed by atoms with van der Waals surface area (Å²) in [6, 6.07) is 5.56. The molecule has 0 saturated carbocycles. The van der Waals surface area contributed by atoms with Crippen LogP contribution in [0.25, 0.3) is 11.0 Å². The van der Waals surface area contributed by atoms with Crippen LogP contribution >= 0.6 is 15.9 Å². The van der Waals surface area contributed by atoms with Crippen LogP contribution in [0.15, 0.2) is 27.1 Å². The number of carbonyl (C=O) groups is 1. The van der Waals surface area contributed by atoms with Gasteiger partial charge >= 0.3 is 5.97 Å². The van der Waals surface area contributed by atoms with E-state index in [1.54, 1.807) is 0 Å². The summed E-state index contributed by atoms with van der Waals surface area (Å²) in [7, 11) is 0. The molecule has 0 atom stereocenters. The first-order chi connectivity index (χ1) is 6.59. The van der Waals surface area contributed by atoms with E-state index in [9.17, 15) is 4.79 Å². The summed E-state index contributed by atoms with van der Waals surface area (Å²) in [5, 5.41) is 9.60. The molecule has 1 heterocycles. The fourth-order valence-corrected chi connectivity index (χ4v) is 1.89. The van der Waals surface area contributed by atoms with Crippen LogP contribution in [0.4, 0.5) is 0 Å². The smallest absolute Gasteiger partial charge is 0.373 e. The molecule has 0 aliphatic rings. The lowest BCUT2D eigenvalue weighted by atomic mass is 10.2. The first-order valence-corrected chi connectivity index (χ1v) is 4.81. The molecular weight excluding hydrogens is 248 g/mol. The van der Waals surface area contributed by atoms with Gasteiger partial charge in [0.2, 0.25) is 5.76 Å². The van der Waals surface area contributed by atoms with Crippen LogP contribution in [0.1, 0.15) is 16.1 Å². The Kier molecular flexibility index (Phi) is 2.07. The predicted octanol–water partition coefficient (Wildman–Crippen LogP) is 3.20. The average molecular weight is 255 g/mol. The third kappa shape index (κ3) is 1.32. The van der Waals surface area contributed by atoms with E-state index in [4.69, 9.17) is 9.52 Å². The fourth-order valence-electron chi connectivity index (χ4n) is 1.31. The Morgan fingerprint density at radius 3 is 2.86 bits per heavy atom. The number of halogens is 1. The van der Waals surface area contributed by atoms with E-state index in [2.05, 4.69) is 15.9 Å². The van der Waals surface area contributed by atoms with Crippen molar-refractivity contribution < 1.29 is 14.3 Å². The zero-order valence-electron chi connectivity index (χ0n) is 7.37. The molecule has 0 bridgehead atoms. The van der Waals surface area contributed by atoms with Gasteiger partial charge in [-0.3, -0.25) is 0 Å². The molecule has 0 aliphatic carbocycles. The van der Waals surface area contributed by atoms with Gasteiger partial charge in [0, 0.05) is 5.39 Å². The largest absolute Gasteiger partial charge is 0.475 e. The summed E-state index contributed by atoms with van der Waals surface area (Å²) in [5.41, 5.74) is 1.63. The summed E-state index contributed by atoms with van der Waals surface area (Å²) in [6.07, 6.45) is 0. The molecule has 2 aromatic rings. The Bertz CT molecular complexity index is 513. The van der Waals surface area contributed by atoms with Gasteiger partial charge in [-0.15, -0.1) is 0 Å². The second-order valence-corrected chi connectivity index (χ2v) is 3.84. The lowest BCUT2D eigenvalue weighted by Crippen LogP contribution is -1.93. The minimum absolute atomic E-state index is 0.0504. The van der Waals surface area contributed by atoms with Crippen molar-refractivity contribution >= 4 is 32.9 Å². The van der Waals surface area contributed by atoms with Crippen LogP contribution in [0.2, 0.25) is 0 Å². The van der Waals surface area contributed by atoms with Crippen molar-refractivity contribution in [1.29, 1.82) is 0 Å². The maximum absolute atomic E-state index is 10.8. The average Bonchev–Trinajstić information content (AvgIpc) is 2.43. The maximum Gasteiger partial charge on any atom is 0.373 e. The minimum Gasteiger partial charge on any atom is -0.475 e. The van der Waals surface area contributed by atoms with Gasteiger partial charge < -0.3 is 9.52 Å². The molecule has 0 unspecified atom stereocenters. The summed E-state index contributed by atoms with van der Waals surface area (Å²) < 4.78 is 5.69. The lowest BCUT2D eigenvalue weighted by Gasteiger charge is -1.90. The maximum atomic E-state index is 10.8. The van der Waals surface area contributed by atoms with E-state index in [0.717, 1.165) is 10.9 Å². The number of carboxylic acids is 1. The molecule has 1 aromatic heterocycles. The SMILES string of the molecule is Cc1ccc2c(Br)c(C(=O)O)oc2c1. The highest BCUT2D eigenvalue weighted by Crippen LogP contribution is 2.31. The molecule has 2 rings (SSSR count). The third-order valence-electron chi connectivity index (χ3n) is 1.98. The van der Waals surface area contributed by atoms with Crippen molar-refractivity contribution in [3.05, 3.63) is 34.0 Å². The van der Waals surface area contributed by atoms with Gasteiger partial charge in [-0.25, -0.2) is 4.79 Å². The van der Waals surface area contributed by atoms with Gasteiger partial charge in [-0.2, -0.15) is 0 Å². The van der Waals surface area contributed by atoms with Gasteiger partial charge in [0.05, 0.1) is 4.47 Å². The topological polar surface area (TPSA) is 50.4 Å². The van der Waals surface area contributed by atoms with Crippen LogP contribution in [0.3, 0.4) is 0 Å². The van der Waals surface area contributed by atoms with Gasteiger partial charge in [-0.1, -0.05) is 6.07 Å². The second kappa shape index (κ2) is 3.13. The quantitative estimate of drug-likeness (QED) is 0.851. The highest BCUT2D eigenvalue weighted by atomic mass is 79.9. The summed E-state index contributed by atoms with van der Waals surface area (Å²) in [6.45, 7) is 1.93. The number of fused-ring (bicyclic) bond motifs is 1. The zero-order valence-corrected chi connectivity index (χ0v) is 8.96. The van der Waals surface area contributed by atoms with Gasteiger partial charge in [-0.05, 0) is 40.5 Å². The minimum atomic E-state index is -1.06. The first-order valence-electron chi connectivity index (χ1n) is 4.01. The normalized spacial score (nSPS) is 10.7. The summed E-state index contributed by atoms with van der Waals surface area (Å²) >= 11 is 3.20. The molecule has 0 saturated heterocycles. The number of hydrogen-bond acceptors (Lipinski definition) is 2. The Labute approximate surface area is 88.5 Å². The molecule has 0 spiro atoms. The Morgan fingerprint density at radius 2 is 2.21 bits per heavy atom. The molecule has 0 radical (unpaired) electrons. The Hall–Kier alpha value is -1.29. The molecule has 72 valence electrons. The van der Waals surface area contributed by atoms with E-state index in [-0.39, 0.29) is 5.76 Å². The predicted molar refractivity (Wildman–Crippen MR) is 55.6 cm³/mol. The monoisotopic (exact) mass is 254 g/mol. The summed E-state index contributed by atoms with van der Waals surface area (Å²) in [4.78, 5) is 10.8. The van der Waals surface area contributed by atoms with Crippen LogP contribution in [0, 0.1) is 6.92 Å². The molecule has 0 aliphatic heterocycles. The highest BCUT2D eigenvalue weighted by Gasteiger charge is 2.17. The first kappa shape index (κ1) is 9.27. The number of furan rings is 1. The highest BCUT2D eigenvalue weighted by molar-refractivity contribution is 9.10. The molecule has 3 nitrogen and oxygen atoms in total. The number of carboxylic acid groups (broad SMARTS) is 1. The van der Waals surface area contributed by atoms with Crippen LogP contribution in [-0.4, -0.2) is 11.1 Å². The van der Waals surface area contributed by atoms with Crippen molar-refractivity contribution in [1.82, 2.24) is 0 Å². The number of benzene rings is 1. The zero-order chi connectivity index (χ0) is 10.3. The molecule has 0 amide bonds. The summed E-state index contributed by atoms with van der Waals surface area (Å²) in [5.74, 6) is -1.11. The number of rotatable bonds is 1. The standard InChI is InChI=1S/C10H7BrO3/c1-5-2-3-6-7(4-5)14-9(8(6)11)10(12)13/h2-4H,1H3,(H,12,13). The number of hydrogen-bond donors (Lipinski definition) is 1. The Balaban J connectivity index is 2.79. The number of aryl methyl sites for hydroxylation is 1. The lowest BCUT2D eigenvalue weighted by molar-refractivity contribution is 0.0663. The molecule has 0 fully saturated rings. The molecule has 1 N–H and O–H groups in total. The van der Waals surface area contributed by atoms with Crippen LogP contribution in [-0.2, 0) is 0 Å². The van der Waals surface area contributed by atoms with Crippen LogP contribution < -0.4 is 0 Å². The fraction of sp³-hybridized carbons (Fsp3) is 0.100. The van der Waals surface area contributed by atoms with E-state index in [1.165, 1.54) is 0 Å². The van der Waals surface area contributed by atoms with Crippen molar-refractivity contribution in [2.24, 2.45) is 0 Å². The second-order valence-electron chi connectivity index (χ2n) is 3.05. The molecule has 4 heteroatoms. The van der Waals surface area contributed by atoms with E-state index < -0.39 is 5.97 Å². The van der Waals surface area contributed by atoms with E-state index >= 15 is 0 Å².